The van der Waals surface area contributed by atoms with Crippen molar-refractivity contribution >= 4 is 44.7 Å². The number of rotatable bonds is 4. The fourth-order valence-electron chi connectivity index (χ4n) is 1.59. The molecule has 6 heteroatoms. The zero-order valence-electron chi connectivity index (χ0n) is 10.2. The van der Waals surface area contributed by atoms with Crippen LogP contribution < -0.4 is 10.5 Å². The van der Waals surface area contributed by atoms with E-state index in [0.29, 0.717) is 26.4 Å². The van der Waals surface area contributed by atoms with Crippen LogP contribution in [0.25, 0.3) is 0 Å². The summed E-state index contributed by atoms with van der Waals surface area (Å²) in [5.41, 5.74) is 6.56. The Balaban J connectivity index is 2.11. The van der Waals surface area contributed by atoms with Crippen molar-refractivity contribution in [1.82, 2.24) is 0 Å². The van der Waals surface area contributed by atoms with Gasteiger partial charge in [0.1, 0.15) is 23.2 Å². The molecule has 0 saturated carbocycles. The highest BCUT2D eigenvalue weighted by Gasteiger charge is 2.07. The average molecular weight is 375 g/mol. The molecule has 0 bridgehead atoms. The summed E-state index contributed by atoms with van der Waals surface area (Å²) in [4.78, 5) is 0.223. The minimum Gasteiger partial charge on any atom is -0.489 e. The lowest BCUT2D eigenvalue weighted by Crippen LogP contribution is -2.10. The zero-order chi connectivity index (χ0) is 14.7. The summed E-state index contributed by atoms with van der Waals surface area (Å²) in [7, 11) is 0. The lowest BCUT2D eigenvalue weighted by Gasteiger charge is -2.09. The highest BCUT2D eigenvalue weighted by molar-refractivity contribution is 9.10. The van der Waals surface area contributed by atoms with Crippen molar-refractivity contribution in [2.45, 2.75) is 6.61 Å². The van der Waals surface area contributed by atoms with Gasteiger partial charge in [-0.3, -0.25) is 0 Å². The molecule has 0 saturated heterocycles. The Morgan fingerprint density at radius 1 is 1.30 bits per heavy atom. The van der Waals surface area contributed by atoms with E-state index in [2.05, 4.69) is 15.9 Å². The first-order chi connectivity index (χ1) is 9.47. The molecule has 2 aromatic carbocycles. The van der Waals surface area contributed by atoms with Crippen LogP contribution in [0.1, 0.15) is 11.1 Å². The molecular formula is C14H10BrClFNOS. The molecule has 0 radical (unpaired) electrons. The summed E-state index contributed by atoms with van der Waals surface area (Å²) in [6.45, 7) is 0.113. The van der Waals surface area contributed by atoms with Gasteiger partial charge in [0, 0.05) is 15.6 Å². The number of hydrogen-bond donors (Lipinski definition) is 1. The van der Waals surface area contributed by atoms with E-state index in [1.807, 2.05) is 0 Å². The number of hydrogen-bond acceptors (Lipinski definition) is 2. The van der Waals surface area contributed by atoms with E-state index in [4.69, 9.17) is 34.3 Å². The molecule has 0 atom stereocenters. The Bertz CT molecular complexity index is 666. The van der Waals surface area contributed by atoms with E-state index >= 15 is 0 Å². The predicted octanol–water partition coefficient (Wildman–Crippen LogP) is 4.45. The molecule has 0 aliphatic carbocycles. The Morgan fingerprint density at radius 2 is 2.05 bits per heavy atom. The van der Waals surface area contributed by atoms with Crippen LogP contribution >= 0.6 is 39.7 Å². The van der Waals surface area contributed by atoms with Gasteiger partial charge in [0.2, 0.25) is 0 Å². The summed E-state index contributed by atoms with van der Waals surface area (Å²) in [5, 5.41) is 0.409. The second kappa shape index (κ2) is 6.52. The van der Waals surface area contributed by atoms with Gasteiger partial charge in [-0.1, -0.05) is 45.8 Å². The van der Waals surface area contributed by atoms with Gasteiger partial charge < -0.3 is 10.5 Å². The largest absolute Gasteiger partial charge is 0.489 e. The molecule has 0 aromatic heterocycles. The van der Waals surface area contributed by atoms with Crippen LogP contribution in [0.2, 0.25) is 5.02 Å². The maximum absolute atomic E-state index is 13.6. The highest BCUT2D eigenvalue weighted by Crippen LogP contribution is 2.24. The third-order valence-corrected chi connectivity index (χ3v) is 3.64. The molecule has 0 aliphatic heterocycles. The van der Waals surface area contributed by atoms with E-state index in [1.165, 1.54) is 6.07 Å². The van der Waals surface area contributed by atoms with Gasteiger partial charge in [0.25, 0.3) is 0 Å². The van der Waals surface area contributed by atoms with Crippen LogP contribution in [0.15, 0.2) is 40.9 Å². The number of benzene rings is 2. The van der Waals surface area contributed by atoms with Gasteiger partial charge in [-0.05, 0) is 30.3 Å². The standard InChI is InChI=1S/C14H10BrClFNOS/c15-9-2-1-8(13(17)5-9)7-19-10-3-4-11(14(18)20)12(16)6-10/h1-6H,7H2,(H2,18,20). The van der Waals surface area contributed by atoms with Crippen molar-refractivity contribution in [2.24, 2.45) is 5.73 Å². The minimum absolute atomic E-state index is 0.113. The second-order valence-electron chi connectivity index (χ2n) is 4.03. The highest BCUT2D eigenvalue weighted by atomic mass is 79.9. The van der Waals surface area contributed by atoms with Crippen LogP contribution in [0, 0.1) is 5.82 Å². The quantitative estimate of drug-likeness (QED) is 0.803. The van der Waals surface area contributed by atoms with Gasteiger partial charge in [-0.2, -0.15) is 0 Å². The number of ether oxygens (including phenoxy) is 1. The molecule has 0 spiro atoms. The van der Waals surface area contributed by atoms with Crippen molar-refractivity contribution in [3.8, 4) is 5.75 Å². The maximum atomic E-state index is 13.6. The fourth-order valence-corrected chi connectivity index (χ4v) is 2.42. The van der Waals surface area contributed by atoms with Crippen LogP contribution in [0.3, 0.4) is 0 Å². The van der Waals surface area contributed by atoms with Gasteiger partial charge in [0.15, 0.2) is 0 Å². The second-order valence-corrected chi connectivity index (χ2v) is 5.79. The van der Waals surface area contributed by atoms with E-state index < -0.39 is 0 Å². The lowest BCUT2D eigenvalue weighted by atomic mass is 10.2. The Morgan fingerprint density at radius 3 is 2.65 bits per heavy atom. The van der Waals surface area contributed by atoms with E-state index in [9.17, 15) is 4.39 Å². The molecule has 104 valence electrons. The fraction of sp³-hybridized carbons (Fsp3) is 0.0714. The molecule has 0 fully saturated rings. The Hall–Kier alpha value is -1.17. The van der Waals surface area contributed by atoms with Crippen LogP contribution in [0.5, 0.6) is 5.75 Å². The topological polar surface area (TPSA) is 35.2 Å². The van der Waals surface area contributed by atoms with Gasteiger partial charge in [-0.25, -0.2) is 4.39 Å². The SMILES string of the molecule is NC(=S)c1ccc(OCc2ccc(Br)cc2F)cc1Cl. The minimum atomic E-state index is -0.328. The van der Waals surface area contributed by atoms with Gasteiger partial charge in [-0.15, -0.1) is 0 Å². The maximum Gasteiger partial charge on any atom is 0.130 e. The van der Waals surface area contributed by atoms with E-state index in [-0.39, 0.29) is 17.4 Å². The molecule has 2 nitrogen and oxygen atoms in total. The van der Waals surface area contributed by atoms with Crippen molar-refractivity contribution < 1.29 is 9.13 Å². The van der Waals surface area contributed by atoms with Crippen molar-refractivity contribution in [3.05, 3.63) is 62.8 Å². The molecule has 2 aromatic rings. The molecule has 0 aliphatic rings. The van der Waals surface area contributed by atoms with Gasteiger partial charge in [0.05, 0.1) is 5.02 Å². The van der Waals surface area contributed by atoms with Gasteiger partial charge >= 0.3 is 0 Å². The smallest absolute Gasteiger partial charge is 0.130 e. The molecule has 2 N–H and O–H groups in total. The zero-order valence-corrected chi connectivity index (χ0v) is 13.4. The summed E-state index contributed by atoms with van der Waals surface area (Å²) in [6, 6.07) is 9.78. The van der Waals surface area contributed by atoms with Crippen molar-refractivity contribution in [1.29, 1.82) is 0 Å². The Labute approximate surface area is 134 Å². The third-order valence-electron chi connectivity index (χ3n) is 2.62. The molecular weight excluding hydrogens is 365 g/mol. The Kier molecular flexibility index (Phi) is 4.96. The van der Waals surface area contributed by atoms with Crippen LogP contribution in [-0.4, -0.2) is 4.99 Å². The summed E-state index contributed by atoms with van der Waals surface area (Å²) >= 11 is 14.1. The molecule has 20 heavy (non-hydrogen) atoms. The summed E-state index contributed by atoms with van der Waals surface area (Å²) in [6.07, 6.45) is 0. The summed E-state index contributed by atoms with van der Waals surface area (Å²) < 4.78 is 19.8. The number of thiocarbonyl (C=S) groups is 1. The monoisotopic (exact) mass is 373 g/mol. The molecule has 0 amide bonds. The first-order valence-corrected chi connectivity index (χ1v) is 7.21. The van der Waals surface area contributed by atoms with E-state index in [0.717, 1.165) is 0 Å². The number of halogens is 3. The first kappa shape index (κ1) is 15.2. The van der Waals surface area contributed by atoms with E-state index in [1.54, 1.807) is 30.3 Å². The van der Waals surface area contributed by atoms with Crippen molar-refractivity contribution in [3.63, 3.8) is 0 Å². The molecule has 0 heterocycles. The van der Waals surface area contributed by atoms with Crippen LogP contribution in [-0.2, 0) is 6.61 Å². The molecule has 2 rings (SSSR count). The normalized spacial score (nSPS) is 10.3. The summed E-state index contributed by atoms with van der Waals surface area (Å²) in [5.74, 6) is 0.197. The van der Waals surface area contributed by atoms with Crippen LogP contribution in [0.4, 0.5) is 4.39 Å². The predicted molar refractivity (Wildman–Crippen MR) is 85.8 cm³/mol. The first-order valence-electron chi connectivity index (χ1n) is 5.63. The van der Waals surface area contributed by atoms with Crippen molar-refractivity contribution in [2.75, 3.05) is 0 Å². The number of nitrogens with two attached hydrogens (primary N) is 1. The third kappa shape index (κ3) is 3.69. The average Bonchev–Trinajstić information content (AvgIpc) is 2.37. The lowest BCUT2D eigenvalue weighted by molar-refractivity contribution is 0.300. The molecule has 0 unspecified atom stereocenters.